The number of carbonyl (C=O) groups excluding carboxylic acids is 1. The average molecular weight is 315 g/mol. The zero-order chi connectivity index (χ0) is 14.8. The summed E-state index contributed by atoms with van der Waals surface area (Å²) in [7, 11) is 0. The Morgan fingerprint density at radius 3 is 2.30 bits per heavy atom. The van der Waals surface area contributed by atoms with Crippen LogP contribution in [0.4, 0.5) is 10.1 Å². The molecule has 1 amide bonds. The van der Waals surface area contributed by atoms with E-state index in [0.29, 0.717) is 12.8 Å². The lowest BCUT2D eigenvalue weighted by molar-refractivity contribution is -0.124. The zero-order valence-corrected chi connectivity index (χ0v) is 12.2. The first kappa shape index (κ1) is 15.1. The van der Waals surface area contributed by atoms with Gasteiger partial charge in [0, 0.05) is 0 Å². The van der Waals surface area contributed by atoms with Gasteiger partial charge in [0.1, 0.15) is 11.2 Å². The van der Waals surface area contributed by atoms with Crippen molar-refractivity contribution in [2.45, 2.75) is 32.1 Å². The molecular weight excluding hydrogens is 302 g/mol. The third kappa shape index (κ3) is 2.89. The second kappa shape index (κ2) is 5.99. The van der Waals surface area contributed by atoms with E-state index in [1.165, 1.54) is 0 Å². The van der Waals surface area contributed by atoms with Gasteiger partial charge in [0.2, 0.25) is 5.91 Å². The predicted molar refractivity (Wildman–Crippen MR) is 76.2 cm³/mol. The molecule has 0 saturated heterocycles. The van der Waals surface area contributed by atoms with Gasteiger partial charge >= 0.3 is 0 Å². The van der Waals surface area contributed by atoms with Crippen LogP contribution in [0.5, 0.6) is 0 Å². The van der Waals surface area contributed by atoms with E-state index in [4.69, 9.17) is 23.2 Å². The number of benzene rings is 1. The Labute approximate surface area is 126 Å². The summed E-state index contributed by atoms with van der Waals surface area (Å²) in [4.78, 5) is 12.4. The quantitative estimate of drug-likeness (QED) is 0.870. The number of amides is 1. The van der Waals surface area contributed by atoms with Crippen molar-refractivity contribution in [2.75, 3.05) is 5.32 Å². The van der Waals surface area contributed by atoms with Gasteiger partial charge in [-0.2, -0.15) is 5.26 Å². The highest BCUT2D eigenvalue weighted by atomic mass is 35.5. The molecule has 6 heteroatoms. The molecule has 0 unspecified atom stereocenters. The van der Waals surface area contributed by atoms with Crippen molar-refractivity contribution in [1.29, 1.82) is 5.26 Å². The van der Waals surface area contributed by atoms with Crippen molar-refractivity contribution in [2.24, 2.45) is 5.41 Å². The van der Waals surface area contributed by atoms with Crippen LogP contribution in [0.15, 0.2) is 12.1 Å². The Kier molecular flexibility index (Phi) is 4.52. The van der Waals surface area contributed by atoms with Crippen molar-refractivity contribution in [3.05, 3.63) is 28.0 Å². The summed E-state index contributed by atoms with van der Waals surface area (Å²) in [5, 5.41) is 12.0. The van der Waals surface area contributed by atoms with Crippen LogP contribution in [0.1, 0.15) is 32.1 Å². The summed E-state index contributed by atoms with van der Waals surface area (Å²) in [6.07, 6.45) is 3.74. The summed E-state index contributed by atoms with van der Waals surface area (Å²) in [6, 6.07) is 4.26. The van der Waals surface area contributed by atoms with Crippen LogP contribution in [-0.2, 0) is 4.79 Å². The molecule has 1 fully saturated rings. The summed E-state index contributed by atoms with van der Waals surface area (Å²) >= 11 is 11.8. The van der Waals surface area contributed by atoms with E-state index in [-0.39, 0.29) is 15.7 Å². The number of hydrogen-bond donors (Lipinski definition) is 1. The van der Waals surface area contributed by atoms with Gasteiger partial charge in [0.25, 0.3) is 0 Å². The number of rotatable bonds is 2. The third-order valence-electron chi connectivity index (χ3n) is 3.60. The summed E-state index contributed by atoms with van der Waals surface area (Å²) < 4.78 is 13.1. The van der Waals surface area contributed by atoms with Crippen LogP contribution in [-0.4, -0.2) is 5.91 Å². The van der Waals surface area contributed by atoms with E-state index < -0.39 is 17.1 Å². The Balaban J connectivity index is 2.26. The number of nitrogens with zero attached hydrogens (tertiary/aromatic N) is 1. The van der Waals surface area contributed by atoms with Crippen molar-refractivity contribution >= 4 is 34.8 Å². The van der Waals surface area contributed by atoms with E-state index in [0.717, 1.165) is 31.4 Å². The van der Waals surface area contributed by atoms with E-state index in [9.17, 15) is 14.4 Å². The second-order valence-corrected chi connectivity index (χ2v) is 5.77. The van der Waals surface area contributed by atoms with Gasteiger partial charge in [0.05, 0.1) is 21.8 Å². The highest BCUT2D eigenvalue weighted by Gasteiger charge is 2.40. The molecule has 0 bridgehead atoms. The molecule has 106 valence electrons. The SMILES string of the molecule is N#CC1(C(=O)Nc2c(Cl)cc(F)cc2Cl)CCCCC1. The van der Waals surface area contributed by atoms with Crippen molar-refractivity contribution in [3.63, 3.8) is 0 Å². The molecule has 2 rings (SSSR count). The van der Waals surface area contributed by atoms with Crippen LogP contribution in [0.3, 0.4) is 0 Å². The molecule has 0 spiro atoms. The van der Waals surface area contributed by atoms with E-state index in [2.05, 4.69) is 11.4 Å². The normalized spacial score (nSPS) is 17.3. The Bertz CT molecular complexity index is 554. The predicted octanol–water partition coefficient (Wildman–Crippen LogP) is 4.55. The van der Waals surface area contributed by atoms with E-state index in [1.54, 1.807) is 0 Å². The Hall–Kier alpha value is -1.31. The largest absolute Gasteiger partial charge is 0.322 e. The number of carbonyl (C=O) groups is 1. The summed E-state index contributed by atoms with van der Waals surface area (Å²) in [5.41, 5.74) is -0.890. The van der Waals surface area contributed by atoms with Crippen molar-refractivity contribution in [3.8, 4) is 6.07 Å². The molecule has 1 aliphatic rings. The minimum Gasteiger partial charge on any atom is -0.322 e. The lowest BCUT2D eigenvalue weighted by atomic mass is 9.74. The fraction of sp³-hybridized carbons (Fsp3) is 0.429. The summed E-state index contributed by atoms with van der Waals surface area (Å²) in [6.45, 7) is 0. The monoisotopic (exact) mass is 314 g/mol. The average Bonchev–Trinajstić information content (AvgIpc) is 2.43. The highest BCUT2D eigenvalue weighted by Crippen LogP contribution is 2.38. The van der Waals surface area contributed by atoms with Gasteiger partial charge < -0.3 is 5.32 Å². The number of nitrogens with one attached hydrogen (secondary N) is 1. The highest BCUT2D eigenvalue weighted by molar-refractivity contribution is 6.39. The van der Waals surface area contributed by atoms with E-state index >= 15 is 0 Å². The molecule has 1 aromatic rings. The van der Waals surface area contributed by atoms with Gasteiger partial charge in [0.15, 0.2) is 0 Å². The van der Waals surface area contributed by atoms with Gasteiger partial charge in [-0.3, -0.25) is 4.79 Å². The lowest BCUT2D eigenvalue weighted by Gasteiger charge is -2.29. The molecule has 0 radical (unpaired) electrons. The zero-order valence-electron chi connectivity index (χ0n) is 10.7. The van der Waals surface area contributed by atoms with Gasteiger partial charge in [-0.1, -0.05) is 42.5 Å². The third-order valence-corrected chi connectivity index (χ3v) is 4.20. The van der Waals surface area contributed by atoms with Crippen LogP contribution < -0.4 is 5.32 Å². The number of nitriles is 1. The Morgan fingerprint density at radius 1 is 1.25 bits per heavy atom. The molecule has 20 heavy (non-hydrogen) atoms. The first-order chi connectivity index (χ1) is 9.48. The van der Waals surface area contributed by atoms with Crippen molar-refractivity contribution in [1.82, 2.24) is 0 Å². The minimum absolute atomic E-state index is 0.0206. The first-order valence-electron chi connectivity index (χ1n) is 6.36. The van der Waals surface area contributed by atoms with Crippen molar-refractivity contribution < 1.29 is 9.18 Å². The van der Waals surface area contributed by atoms with Crippen LogP contribution >= 0.6 is 23.2 Å². The van der Waals surface area contributed by atoms with Crippen LogP contribution in [0.2, 0.25) is 10.0 Å². The fourth-order valence-corrected chi connectivity index (χ4v) is 2.99. The molecule has 0 heterocycles. The number of hydrogen-bond acceptors (Lipinski definition) is 2. The molecular formula is C14H13Cl2FN2O. The maximum Gasteiger partial charge on any atom is 0.244 e. The second-order valence-electron chi connectivity index (χ2n) is 4.95. The van der Waals surface area contributed by atoms with E-state index in [1.807, 2.05) is 0 Å². The van der Waals surface area contributed by atoms with Gasteiger partial charge in [-0.25, -0.2) is 4.39 Å². The molecule has 1 aromatic carbocycles. The molecule has 3 nitrogen and oxygen atoms in total. The topological polar surface area (TPSA) is 52.9 Å². The molecule has 1 N–H and O–H groups in total. The summed E-state index contributed by atoms with van der Waals surface area (Å²) in [5.74, 6) is -0.999. The maximum atomic E-state index is 13.1. The van der Waals surface area contributed by atoms with Crippen LogP contribution in [0, 0.1) is 22.6 Å². The van der Waals surface area contributed by atoms with Gasteiger partial charge in [-0.05, 0) is 25.0 Å². The minimum atomic E-state index is -1.04. The fourth-order valence-electron chi connectivity index (χ4n) is 2.44. The number of anilines is 1. The Morgan fingerprint density at radius 2 is 1.80 bits per heavy atom. The smallest absolute Gasteiger partial charge is 0.244 e. The molecule has 1 aliphatic carbocycles. The lowest BCUT2D eigenvalue weighted by Crippen LogP contribution is -2.36. The van der Waals surface area contributed by atoms with Gasteiger partial charge in [-0.15, -0.1) is 0 Å². The molecule has 0 atom stereocenters. The molecule has 0 aromatic heterocycles. The molecule has 1 saturated carbocycles. The first-order valence-corrected chi connectivity index (χ1v) is 7.11. The maximum absolute atomic E-state index is 13.1. The molecule has 0 aliphatic heterocycles. The number of halogens is 3. The standard InChI is InChI=1S/C14H13Cl2FN2O/c15-10-6-9(17)7-11(16)12(10)19-13(20)14(8-18)4-2-1-3-5-14/h6-7H,1-5H2,(H,19,20). The van der Waals surface area contributed by atoms with Crippen LogP contribution in [0.25, 0.3) is 0 Å².